The van der Waals surface area contributed by atoms with E-state index in [0.29, 0.717) is 11.1 Å². The van der Waals surface area contributed by atoms with Crippen LogP contribution in [0.15, 0.2) is 82.7 Å². The summed E-state index contributed by atoms with van der Waals surface area (Å²) in [6.45, 7) is 1.36. The maximum Gasteiger partial charge on any atom is 0.416 e. The van der Waals surface area contributed by atoms with E-state index >= 15 is 0 Å². The van der Waals surface area contributed by atoms with Crippen molar-refractivity contribution in [1.29, 1.82) is 0 Å². The van der Waals surface area contributed by atoms with Crippen molar-refractivity contribution in [2.75, 3.05) is 0 Å². The molecule has 0 saturated carbocycles. The summed E-state index contributed by atoms with van der Waals surface area (Å²) in [6.07, 6.45) is -4.47. The Morgan fingerprint density at radius 2 is 1.80 bits per heavy atom. The zero-order valence-corrected chi connectivity index (χ0v) is 18.2. The van der Waals surface area contributed by atoms with Gasteiger partial charge >= 0.3 is 12.1 Å². The number of fused-ring (bicyclic) bond motifs is 1. The highest BCUT2D eigenvalue weighted by atomic mass is 19.4. The van der Waals surface area contributed by atoms with Crippen molar-refractivity contribution in [3.05, 3.63) is 94.3 Å². The van der Waals surface area contributed by atoms with E-state index in [1.165, 1.54) is 37.4 Å². The Morgan fingerprint density at radius 1 is 1.09 bits per heavy atom. The Kier molecular flexibility index (Phi) is 6.37. The Hall–Kier alpha value is -4.47. The van der Waals surface area contributed by atoms with Crippen LogP contribution < -0.4 is 10.3 Å². The first-order valence-electron chi connectivity index (χ1n) is 10.4. The summed E-state index contributed by atoms with van der Waals surface area (Å²) in [5, 5.41) is 13.6. The highest BCUT2D eigenvalue weighted by molar-refractivity contribution is 5.85. The second-order valence-corrected chi connectivity index (χ2v) is 7.53. The molecule has 0 bridgehead atoms. The number of carbonyl (C=O) groups is 1. The van der Waals surface area contributed by atoms with Crippen molar-refractivity contribution >= 4 is 23.1 Å². The van der Waals surface area contributed by atoms with E-state index in [9.17, 15) is 22.8 Å². The molecule has 0 radical (unpaired) electrons. The van der Waals surface area contributed by atoms with Gasteiger partial charge < -0.3 is 9.84 Å². The molecule has 0 spiro atoms. The van der Waals surface area contributed by atoms with Crippen LogP contribution in [-0.2, 0) is 11.0 Å². The van der Waals surface area contributed by atoms with Crippen LogP contribution in [0.4, 0.5) is 13.2 Å². The lowest BCUT2D eigenvalue weighted by molar-refractivity contribution is -0.144. The molecule has 178 valence electrons. The number of hydrogen-bond acceptors (Lipinski definition) is 5. The van der Waals surface area contributed by atoms with E-state index in [1.54, 1.807) is 36.4 Å². The highest BCUT2D eigenvalue weighted by Crippen LogP contribution is 2.32. The van der Waals surface area contributed by atoms with Crippen LogP contribution in [0.25, 0.3) is 22.3 Å². The van der Waals surface area contributed by atoms with Crippen LogP contribution in [0.5, 0.6) is 5.75 Å². The van der Waals surface area contributed by atoms with Crippen molar-refractivity contribution in [3.63, 3.8) is 0 Å². The number of alkyl halides is 3. The van der Waals surface area contributed by atoms with Gasteiger partial charge in [0.2, 0.25) is 0 Å². The molecular formula is C25H18F3N3O4. The zero-order chi connectivity index (χ0) is 25.2. The third kappa shape index (κ3) is 5.06. The van der Waals surface area contributed by atoms with Gasteiger partial charge in [-0.15, -0.1) is 0 Å². The SMILES string of the molecule is C[C@H](Oc1ccccc1C=Nn1c(-c2cccc(C(F)(F)F)c2)nc2ccccc2c1=O)C(=O)O. The summed E-state index contributed by atoms with van der Waals surface area (Å²) in [5.74, 6) is -1.06. The van der Waals surface area contributed by atoms with Crippen LogP contribution in [0, 0.1) is 0 Å². The number of carboxylic acid groups (broad SMARTS) is 1. The summed E-state index contributed by atoms with van der Waals surface area (Å²) in [6, 6.07) is 17.3. The van der Waals surface area contributed by atoms with Crippen LogP contribution >= 0.6 is 0 Å². The van der Waals surface area contributed by atoms with Gasteiger partial charge in [0, 0.05) is 11.1 Å². The quantitative estimate of drug-likeness (QED) is 0.399. The first-order chi connectivity index (χ1) is 16.6. The van der Waals surface area contributed by atoms with Gasteiger partial charge in [-0.3, -0.25) is 4.79 Å². The van der Waals surface area contributed by atoms with Crippen LogP contribution in [0.1, 0.15) is 18.1 Å². The Labute approximate surface area is 196 Å². The van der Waals surface area contributed by atoms with Gasteiger partial charge in [-0.05, 0) is 43.3 Å². The first-order valence-corrected chi connectivity index (χ1v) is 10.4. The summed E-state index contributed by atoms with van der Waals surface area (Å²) in [7, 11) is 0. The zero-order valence-electron chi connectivity index (χ0n) is 18.2. The molecule has 0 aliphatic carbocycles. The van der Waals surface area contributed by atoms with Crippen molar-refractivity contribution in [3.8, 4) is 17.1 Å². The van der Waals surface area contributed by atoms with E-state index in [2.05, 4.69) is 10.1 Å². The topological polar surface area (TPSA) is 93.8 Å². The van der Waals surface area contributed by atoms with Gasteiger partial charge in [0.05, 0.1) is 22.7 Å². The van der Waals surface area contributed by atoms with E-state index in [0.717, 1.165) is 16.8 Å². The Morgan fingerprint density at radius 3 is 2.54 bits per heavy atom. The van der Waals surface area contributed by atoms with Gasteiger partial charge in [0.25, 0.3) is 5.56 Å². The molecule has 0 fully saturated rings. The predicted molar refractivity (Wildman–Crippen MR) is 124 cm³/mol. The number of hydrogen-bond donors (Lipinski definition) is 1. The first kappa shape index (κ1) is 23.7. The number of carboxylic acids is 1. The van der Waals surface area contributed by atoms with Gasteiger partial charge in [-0.2, -0.15) is 22.9 Å². The number of para-hydroxylation sites is 2. The fourth-order valence-corrected chi connectivity index (χ4v) is 3.31. The summed E-state index contributed by atoms with van der Waals surface area (Å²) >= 11 is 0. The molecule has 0 saturated heterocycles. The number of aromatic nitrogens is 2. The number of ether oxygens (including phenoxy) is 1. The van der Waals surface area contributed by atoms with Crippen molar-refractivity contribution < 1.29 is 27.8 Å². The highest BCUT2D eigenvalue weighted by Gasteiger charge is 2.31. The standard InChI is InChI=1S/C25H18F3N3O4/c1-15(24(33)34)35-21-12-5-2-7-17(21)14-29-31-22(16-8-6-9-18(13-16)25(26,27)28)30-20-11-4-3-10-19(20)23(31)32/h2-15H,1H3,(H,33,34)/t15-/m0/s1. The Balaban J connectivity index is 1.88. The normalized spacial score (nSPS) is 12.7. The van der Waals surface area contributed by atoms with Crippen molar-refractivity contribution in [2.45, 2.75) is 19.2 Å². The molecule has 0 amide bonds. The minimum absolute atomic E-state index is 0.0452. The van der Waals surface area contributed by atoms with Gasteiger partial charge in [-0.1, -0.05) is 36.4 Å². The molecule has 0 aliphatic heterocycles. The molecule has 1 N–H and O–H groups in total. The lowest BCUT2D eigenvalue weighted by atomic mass is 10.1. The lowest BCUT2D eigenvalue weighted by Crippen LogP contribution is -2.23. The molecule has 35 heavy (non-hydrogen) atoms. The lowest BCUT2D eigenvalue weighted by Gasteiger charge is -2.13. The molecule has 1 aromatic heterocycles. The van der Waals surface area contributed by atoms with E-state index in [1.807, 2.05) is 0 Å². The average molecular weight is 481 g/mol. The van der Waals surface area contributed by atoms with Gasteiger partial charge in [0.1, 0.15) is 5.75 Å². The van der Waals surface area contributed by atoms with E-state index in [4.69, 9.17) is 9.84 Å². The molecule has 1 atom stereocenters. The fraction of sp³-hybridized carbons (Fsp3) is 0.120. The van der Waals surface area contributed by atoms with E-state index in [-0.39, 0.29) is 22.5 Å². The van der Waals surface area contributed by atoms with Gasteiger partial charge in [0.15, 0.2) is 11.9 Å². The van der Waals surface area contributed by atoms with E-state index < -0.39 is 29.4 Å². The fourth-order valence-electron chi connectivity index (χ4n) is 3.31. The third-order valence-corrected chi connectivity index (χ3v) is 5.08. The number of aliphatic carboxylic acids is 1. The number of halogens is 3. The van der Waals surface area contributed by atoms with Crippen LogP contribution in [0.3, 0.4) is 0 Å². The number of rotatable bonds is 6. The molecule has 7 nitrogen and oxygen atoms in total. The summed E-state index contributed by atoms with van der Waals surface area (Å²) < 4.78 is 46.3. The summed E-state index contributed by atoms with van der Waals surface area (Å²) in [5.41, 5.74) is -0.777. The molecule has 1 heterocycles. The Bertz CT molecular complexity index is 1500. The second-order valence-electron chi connectivity index (χ2n) is 7.53. The molecule has 4 aromatic rings. The number of nitrogens with zero attached hydrogens (tertiary/aromatic N) is 3. The predicted octanol–water partition coefficient (Wildman–Crippen LogP) is 4.82. The van der Waals surface area contributed by atoms with Gasteiger partial charge in [-0.25, -0.2) is 9.78 Å². The molecule has 4 rings (SSSR count). The smallest absolute Gasteiger partial charge is 0.416 e. The third-order valence-electron chi connectivity index (χ3n) is 5.08. The molecule has 10 heteroatoms. The van der Waals surface area contributed by atoms with Crippen molar-refractivity contribution in [2.24, 2.45) is 5.10 Å². The second kappa shape index (κ2) is 9.41. The molecule has 0 aliphatic rings. The largest absolute Gasteiger partial charge is 0.479 e. The minimum Gasteiger partial charge on any atom is -0.479 e. The average Bonchev–Trinajstić information content (AvgIpc) is 2.83. The minimum atomic E-state index is -4.58. The number of benzene rings is 3. The van der Waals surface area contributed by atoms with Crippen LogP contribution in [-0.4, -0.2) is 33.1 Å². The molecule has 3 aromatic carbocycles. The molecular weight excluding hydrogens is 463 g/mol. The molecule has 0 unspecified atom stereocenters. The maximum absolute atomic E-state index is 13.3. The monoisotopic (exact) mass is 481 g/mol. The summed E-state index contributed by atoms with van der Waals surface area (Å²) in [4.78, 5) is 28.8. The van der Waals surface area contributed by atoms with Crippen molar-refractivity contribution in [1.82, 2.24) is 9.66 Å². The maximum atomic E-state index is 13.3. The van der Waals surface area contributed by atoms with Crippen LogP contribution in [0.2, 0.25) is 0 Å².